The molecule has 0 atom stereocenters. The number of carbonyl (C=O) groups is 1. The summed E-state index contributed by atoms with van der Waals surface area (Å²) in [6.45, 7) is -0.131. The Kier molecular flexibility index (Phi) is 5.07. The van der Waals surface area contributed by atoms with E-state index < -0.39 is 0 Å². The Morgan fingerprint density at radius 1 is 1.24 bits per heavy atom. The van der Waals surface area contributed by atoms with Crippen LogP contribution in [0.3, 0.4) is 0 Å². The summed E-state index contributed by atoms with van der Waals surface area (Å²) in [7, 11) is 0. The molecule has 2 rings (SSSR count). The van der Waals surface area contributed by atoms with Crippen molar-refractivity contribution < 1.29 is 13.9 Å². The molecular formula is C16H11BrFNO2. The Bertz CT molecular complexity index is 692. The van der Waals surface area contributed by atoms with Gasteiger partial charge in [0.1, 0.15) is 24.2 Å². The van der Waals surface area contributed by atoms with Gasteiger partial charge in [0.15, 0.2) is 5.78 Å². The molecule has 0 amide bonds. The van der Waals surface area contributed by atoms with E-state index in [0.29, 0.717) is 11.3 Å². The van der Waals surface area contributed by atoms with Crippen LogP contribution in [0.1, 0.15) is 11.1 Å². The molecule has 0 aliphatic carbocycles. The maximum atomic E-state index is 12.8. The van der Waals surface area contributed by atoms with Gasteiger partial charge < -0.3 is 4.74 Å². The van der Waals surface area contributed by atoms with Crippen LogP contribution in [-0.2, 0) is 11.2 Å². The largest absolute Gasteiger partial charge is 0.484 e. The summed E-state index contributed by atoms with van der Waals surface area (Å²) in [5.74, 6) is -0.113. The van der Waals surface area contributed by atoms with Crippen LogP contribution in [0, 0.1) is 17.1 Å². The lowest BCUT2D eigenvalue weighted by Gasteiger charge is -2.07. The number of nitriles is 1. The summed E-state index contributed by atoms with van der Waals surface area (Å²) in [5.41, 5.74) is 1.08. The molecule has 0 aromatic heterocycles. The van der Waals surface area contributed by atoms with Crippen molar-refractivity contribution >= 4 is 21.7 Å². The number of ether oxygens (including phenoxy) is 1. The highest BCUT2D eigenvalue weighted by atomic mass is 79.9. The first-order chi connectivity index (χ1) is 10.1. The van der Waals surface area contributed by atoms with Crippen molar-refractivity contribution in [1.82, 2.24) is 0 Å². The number of ketones is 1. The van der Waals surface area contributed by atoms with Crippen molar-refractivity contribution in [2.75, 3.05) is 6.61 Å². The summed E-state index contributed by atoms with van der Waals surface area (Å²) in [4.78, 5) is 11.8. The third-order valence-corrected chi connectivity index (χ3v) is 3.26. The molecule has 0 radical (unpaired) electrons. The van der Waals surface area contributed by atoms with E-state index in [1.54, 1.807) is 30.3 Å². The summed E-state index contributed by atoms with van der Waals surface area (Å²) < 4.78 is 18.9. The lowest BCUT2D eigenvalue weighted by molar-refractivity contribution is -0.120. The second-order valence-electron chi connectivity index (χ2n) is 4.38. The van der Waals surface area contributed by atoms with E-state index in [1.807, 2.05) is 6.07 Å². The van der Waals surface area contributed by atoms with Gasteiger partial charge in [-0.3, -0.25) is 4.79 Å². The normalized spacial score (nSPS) is 9.95. The molecule has 5 heteroatoms. The van der Waals surface area contributed by atoms with Gasteiger partial charge in [-0.2, -0.15) is 5.26 Å². The van der Waals surface area contributed by atoms with Crippen molar-refractivity contribution in [1.29, 1.82) is 5.26 Å². The predicted octanol–water partition coefficient (Wildman–Crippen LogP) is 3.65. The first kappa shape index (κ1) is 15.2. The van der Waals surface area contributed by atoms with Crippen molar-refractivity contribution in [2.24, 2.45) is 0 Å². The molecule has 2 aromatic carbocycles. The quantitative estimate of drug-likeness (QED) is 0.829. The number of rotatable bonds is 5. The number of benzene rings is 2. The number of hydrogen-bond acceptors (Lipinski definition) is 3. The number of hydrogen-bond donors (Lipinski definition) is 0. The van der Waals surface area contributed by atoms with Gasteiger partial charge in [0, 0.05) is 10.9 Å². The van der Waals surface area contributed by atoms with Crippen molar-refractivity contribution in [3.8, 4) is 11.8 Å². The van der Waals surface area contributed by atoms with Gasteiger partial charge in [-0.25, -0.2) is 4.39 Å². The monoisotopic (exact) mass is 347 g/mol. The molecule has 0 aliphatic rings. The molecule has 21 heavy (non-hydrogen) atoms. The fourth-order valence-corrected chi connectivity index (χ4v) is 2.12. The maximum Gasteiger partial charge on any atom is 0.174 e. The molecule has 106 valence electrons. The molecule has 0 heterocycles. The van der Waals surface area contributed by atoms with Crippen LogP contribution in [0.4, 0.5) is 4.39 Å². The predicted molar refractivity (Wildman–Crippen MR) is 79.5 cm³/mol. The van der Waals surface area contributed by atoms with Crippen molar-refractivity contribution in [3.05, 3.63) is 63.9 Å². The second-order valence-corrected chi connectivity index (χ2v) is 5.30. The zero-order valence-corrected chi connectivity index (χ0v) is 12.6. The standard InChI is InChI=1S/C16H11BrFNO2/c17-13-3-6-16(12(8-13)9-19)21-10-15(20)7-11-1-4-14(18)5-2-11/h1-6,8H,7,10H2. The molecule has 0 unspecified atom stereocenters. The Morgan fingerprint density at radius 3 is 2.62 bits per heavy atom. The van der Waals surface area contributed by atoms with E-state index in [4.69, 9.17) is 10.00 Å². The van der Waals surface area contributed by atoms with Gasteiger partial charge in [0.2, 0.25) is 0 Å². The SMILES string of the molecule is N#Cc1cc(Br)ccc1OCC(=O)Cc1ccc(F)cc1. The topological polar surface area (TPSA) is 50.1 Å². The van der Waals surface area contributed by atoms with Crippen LogP contribution in [0.2, 0.25) is 0 Å². The van der Waals surface area contributed by atoms with Crippen LogP contribution in [0.5, 0.6) is 5.75 Å². The fraction of sp³-hybridized carbons (Fsp3) is 0.125. The number of carbonyl (C=O) groups excluding carboxylic acids is 1. The van der Waals surface area contributed by atoms with Gasteiger partial charge in [0.25, 0.3) is 0 Å². The first-order valence-electron chi connectivity index (χ1n) is 6.17. The molecule has 0 spiro atoms. The Hall–Kier alpha value is -2.19. The number of Topliss-reactive ketones (excluding diaryl/α,β-unsaturated/α-hetero) is 1. The summed E-state index contributed by atoms with van der Waals surface area (Å²) in [6.07, 6.45) is 0.165. The molecule has 0 bridgehead atoms. The first-order valence-corrected chi connectivity index (χ1v) is 6.96. The van der Waals surface area contributed by atoms with Crippen LogP contribution in [0.25, 0.3) is 0 Å². The Morgan fingerprint density at radius 2 is 1.95 bits per heavy atom. The van der Waals surface area contributed by atoms with E-state index in [0.717, 1.165) is 10.0 Å². The van der Waals surface area contributed by atoms with E-state index >= 15 is 0 Å². The van der Waals surface area contributed by atoms with Crippen molar-refractivity contribution in [2.45, 2.75) is 6.42 Å². The Labute approximate surface area is 130 Å². The van der Waals surface area contributed by atoms with Crippen LogP contribution < -0.4 is 4.74 Å². The van der Waals surface area contributed by atoms with E-state index in [-0.39, 0.29) is 24.6 Å². The highest BCUT2D eigenvalue weighted by Gasteiger charge is 2.08. The van der Waals surface area contributed by atoms with Gasteiger partial charge in [-0.15, -0.1) is 0 Å². The minimum atomic E-state index is -0.337. The Balaban J connectivity index is 1.95. The zero-order valence-electron chi connectivity index (χ0n) is 11.0. The highest BCUT2D eigenvalue weighted by Crippen LogP contribution is 2.22. The van der Waals surface area contributed by atoms with Gasteiger partial charge in [-0.1, -0.05) is 28.1 Å². The lowest BCUT2D eigenvalue weighted by Crippen LogP contribution is -2.14. The number of nitrogens with zero attached hydrogens (tertiary/aromatic N) is 1. The van der Waals surface area contributed by atoms with E-state index in [9.17, 15) is 9.18 Å². The van der Waals surface area contributed by atoms with Crippen LogP contribution in [0.15, 0.2) is 46.9 Å². The van der Waals surface area contributed by atoms with Gasteiger partial charge in [0.05, 0.1) is 5.56 Å². The second kappa shape index (κ2) is 7.00. The minimum absolute atomic E-state index is 0.131. The van der Waals surface area contributed by atoms with Gasteiger partial charge >= 0.3 is 0 Å². The van der Waals surface area contributed by atoms with Crippen molar-refractivity contribution in [3.63, 3.8) is 0 Å². The average Bonchev–Trinajstić information content (AvgIpc) is 2.48. The van der Waals surface area contributed by atoms with E-state index in [1.165, 1.54) is 12.1 Å². The van der Waals surface area contributed by atoms with Gasteiger partial charge in [-0.05, 0) is 35.9 Å². The minimum Gasteiger partial charge on any atom is -0.484 e. The molecule has 0 aliphatic heterocycles. The fourth-order valence-electron chi connectivity index (χ4n) is 1.75. The summed E-state index contributed by atoms with van der Waals surface area (Å²) in [5, 5.41) is 9.00. The molecule has 3 nitrogen and oxygen atoms in total. The highest BCUT2D eigenvalue weighted by molar-refractivity contribution is 9.10. The smallest absolute Gasteiger partial charge is 0.174 e. The maximum absolute atomic E-state index is 12.8. The van der Waals surface area contributed by atoms with Crippen LogP contribution in [-0.4, -0.2) is 12.4 Å². The van der Waals surface area contributed by atoms with Crippen LogP contribution >= 0.6 is 15.9 Å². The summed E-state index contributed by atoms with van der Waals surface area (Å²) >= 11 is 3.26. The third-order valence-electron chi connectivity index (χ3n) is 2.77. The third kappa shape index (κ3) is 4.40. The number of halogens is 2. The average molecular weight is 348 g/mol. The lowest BCUT2D eigenvalue weighted by atomic mass is 10.1. The zero-order chi connectivity index (χ0) is 15.2. The summed E-state index contributed by atoms with van der Waals surface area (Å²) in [6, 6.07) is 12.8. The molecule has 0 saturated heterocycles. The molecule has 0 fully saturated rings. The van der Waals surface area contributed by atoms with E-state index in [2.05, 4.69) is 15.9 Å². The molecular weight excluding hydrogens is 337 g/mol. The molecule has 0 saturated carbocycles. The molecule has 0 N–H and O–H groups in total. The molecule has 2 aromatic rings.